The second kappa shape index (κ2) is 7.86. The van der Waals surface area contributed by atoms with Crippen LogP contribution >= 0.6 is 0 Å². The van der Waals surface area contributed by atoms with Crippen molar-refractivity contribution >= 4 is 11.7 Å². The van der Waals surface area contributed by atoms with Gasteiger partial charge in [0.15, 0.2) is 0 Å². The third-order valence-corrected chi connectivity index (χ3v) is 3.77. The lowest BCUT2D eigenvalue weighted by Gasteiger charge is -2.08. The Balaban J connectivity index is 1.70. The van der Waals surface area contributed by atoms with Crippen molar-refractivity contribution in [3.05, 3.63) is 93.8 Å². The van der Waals surface area contributed by atoms with Gasteiger partial charge >= 0.3 is 6.55 Å². The number of nitrogens with one attached hydrogen (secondary N) is 1. The molecule has 2 heterocycles. The summed E-state index contributed by atoms with van der Waals surface area (Å²) in [7, 11) is 0. The van der Waals surface area contributed by atoms with Crippen LogP contribution in [0.1, 0.15) is 28.0 Å². The Kier molecular flexibility index (Phi) is 5.35. The number of hydrogen-bond acceptors (Lipinski definition) is 3. The smallest absolute Gasteiger partial charge is 0.307 e. The molecule has 8 heteroatoms. The van der Waals surface area contributed by atoms with Crippen molar-refractivity contribution in [1.29, 1.82) is 0 Å². The van der Waals surface area contributed by atoms with E-state index in [9.17, 15) is 22.8 Å². The van der Waals surface area contributed by atoms with E-state index >= 15 is 0 Å². The number of carbonyl (C=O) groups is 1. The average molecular weight is 373 g/mol. The molecule has 5 nitrogen and oxygen atoms in total. The fraction of sp³-hybridized carbons (Fsp3) is 0.105. The van der Waals surface area contributed by atoms with Crippen LogP contribution in [0.5, 0.6) is 0 Å². The van der Waals surface area contributed by atoms with Gasteiger partial charge in [-0.15, -0.1) is 0 Å². The van der Waals surface area contributed by atoms with Gasteiger partial charge in [0.2, 0.25) is 0 Å². The standard InChI is InChI=1S/C19H14F3N3O2/c20-15-3-1-2-12(9-15)8-13-4-6-16(23-10-13)24-18(27)14-5-7-17(26)25(11-14)19(21)22/h1-7,9-11,19H,8H2,(H,23,24,27). The zero-order valence-corrected chi connectivity index (χ0v) is 13.9. The molecule has 3 aromatic rings. The Morgan fingerprint density at radius 2 is 1.93 bits per heavy atom. The summed E-state index contributed by atoms with van der Waals surface area (Å²) in [6.07, 6.45) is 2.79. The number of nitrogens with zero attached hydrogens (tertiary/aromatic N) is 2. The Labute approximate surface area is 152 Å². The number of amides is 1. The van der Waals surface area contributed by atoms with Gasteiger partial charge in [-0.3, -0.25) is 14.2 Å². The second-order valence-electron chi connectivity index (χ2n) is 5.75. The number of anilines is 1. The third-order valence-electron chi connectivity index (χ3n) is 3.77. The zero-order valence-electron chi connectivity index (χ0n) is 13.9. The molecule has 0 spiro atoms. The highest BCUT2D eigenvalue weighted by molar-refractivity contribution is 6.03. The Bertz CT molecular complexity index is 1020. The molecule has 0 aliphatic rings. The highest BCUT2D eigenvalue weighted by atomic mass is 19.3. The summed E-state index contributed by atoms with van der Waals surface area (Å²) in [6.45, 7) is -3.04. The van der Waals surface area contributed by atoms with Crippen molar-refractivity contribution in [2.45, 2.75) is 13.0 Å². The van der Waals surface area contributed by atoms with Crippen molar-refractivity contribution in [3.63, 3.8) is 0 Å². The normalized spacial score (nSPS) is 10.8. The number of alkyl halides is 2. The lowest BCUT2D eigenvalue weighted by molar-refractivity contribution is 0.0660. The van der Waals surface area contributed by atoms with Crippen LogP contribution in [0.15, 0.2) is 65.7 Å². The number of carbonyl (C=O) groups excluding carboxylic acids is 1. The zero-order chi connectivity index (χ0) is 19.4. The summed E-state index contributed by atoms with van der Waals surface area (Å²) in [5.41, 5.74) is 0.592. The van der Waals surface area contributed by atoms with Gasteiger partial charge in [-0.25, -0.2) is 9.37 Å². The first-order chi connectivity index (χ1) is 12.9. The van der Waals surface area contributed by atoms with Crippen molar-refractivity contribution in [2.24, 2.45) is 0 Å². The first-order valence-electron chi connectivity index (χ1n) is 7.93. The summed E-state index contributed by atoms with van der Waals surface area (Å²) in [5.74, 6) is -0.776. The number of pyridine rings is 2. The predicted octanol–water partition coefficient (Wildman–Crippen LogP) is 3.62. The van der Waals surface area contributed by atoms with Crippen LogP contribution in [-0.2, 0) is 6.42 Å². The lowest BCUT2D eigenvalue weighted by atomic mass is 10.1. The molecule has 1 amide bonds. The Morgan fingerprint density at radius 1 is 1.11 bits per heavy atom. The third kappa shape index (κ3) is 4.60. The summed E-state index contributed by atoms with van der Waals surface area (Å²) in [6, 6.07) is 11.5. The van der Waals surface area contributed by atoms with Gasteiger partial charge in [0, 0.05) is 18.5 Å². The summed E-state index contributed by atoms with van der Waals surface area (Å²) < 4.78 is 38.9. The van der Waals surface area contributed by atoms with Crippen molar-refractivity contribution < 1.29 is 18.0 Å². The molecule has 0 unspecified atom stereocenters. The molecular weight excluding hydrogens is 359 g/mol. The Morgan fingerprint density at radius 3 is 2.59 bits per heavy atom. The number of rotatable bonds is 5. The summed E-state index contributed by atoms with van der Waals surface area (Å²) >= 11 is 0. The number of halogens is 3. The molecule has 3 rings (SSSR count). The molecule has 0 bridgehead atoms. The summed E-state index contributed by atoms with van der Waals surface area (Å²) in [4.78, 5) is 27.6. The molecule has 0 atom stereocenters. The minimum absolute atomic E-state index is 0.0967. The van der Waals surface area contributed by atoms with E-state index in [1.165, 1.54) is 18.3 Å². The number of benzene rings is 1. The van der Waals surface area contributed by atoms with Crippen LogP contribution in [0.2, 0.25) is 0 Å². The monoisotopic (exact) mass is 373 g/mol. The minimum atomic E-state index is -3.04. The van der Waals surface area contributed by atoms with E-state index in [4.69, 9.17) is 0 Å². The highest BCUT2D eigenvalue weighted by Gasteiger charge is 2.13. The van der Waals surface area contributed by atoms with E-state index in [-0.39, 0.29) is 21.8 Å². The Hall–Kier alpha value is -3.42. The molecular formula is C19H14F3N3O2. The number of aromatic nitrogens is 2. The maximum absolute atomic E-state index is 13.2. The van der Waals surface area contributed by atoms with Gasteiger partial charge in [0.05, 0.1) is 5.56 Å². The summed E-state index contributed by atoms with van der Waals surface area (Å²) in [5, 5.41) is 2.47. The lowest BCUT2D eigenvalue weighted by Crippen LogP contribution is -2.22. The van der Waals surface area contributed by atoms with Crippen LogP contribution in [0, 0.1) is 5.82 Å². The van der Waals surface area contributed by atoms with Gasteiger partial charge in [0.25, 0.3) is 11.5 Å². The molecule has 138 valence electrons. The molecule has 0 aliphatic heterocycles. The van der Waals surface area contributed by atoms with Gasteiger partial charge < -0.3 is 5.32 Å². The molecule has 2 aromatic heterocycles. The molecule has 1 aromatic carbocycles. The van der Waals surface area contributed by atoms with Crippen molar-refractivity contribution in [2.75, 3.05) is 5.32 Å². The molecule has 0 fully saturated rings. The first-order valence-corrected chi connectivity index (χ1v) is 7.93. The van der Waals surface area contributed by atoms with Crippen LogP contribution in [-0.4, -0.2) is 15.5 Å². The fourth-order valence-corrected chi connectivity index (χ4v) is 2.46. The number of hydrogen-bond donors (Lipinski definition) is 1. The fourth-order valence-electron chi connectivity index (χ4n) is 2.46. The molecule has 1 N–H and O–H groups in total. The van der Waals surface area contributed by atoms with E-state index < -0.39 is 18.0 Å². The van der Waals surface area contributed by atoms with E-state index in [1.807, 2.05) is 0 Å². The quantitative estimate of drug-likeness (QED) is 0.743. The van der Waals surface area contributed by atoms with Gasteiger partial charge in [-0.1, -0.05) is 18.2 Å². The molecule has 0 radical (unpaired) electrons. The molecule has 0 saturated carbocycles. The van der Waals surface area contributed by atoms with Crippen LogP contribution in [0.25, 0.3) is 0 Å². The van der Waals surface area contributed by atoms with E-state index in [0.717, 1.165) is 29.5 Å². The minimum Gasteiger partial charge on any atom is -0.307 e. The van der Waals surface area contributed by atoms with Crippen LogP contribution < -0.4 is 10.9 Å². The maximum atomic E-state index is 13.2. The first kappa shape index (κ1) is 18.4. The topological polar surface area (TPSA) is 64.0 Å². The van der Waals surface area contributed by atoms with Crippen LogP contribution in [0.4, 0.5) is 19.0 Å². The van der Waals surface area contributed by atoms with Gasteiger partial charge in [-0.2, -0.15) is 8.78 Å². The van der Waals surface area contributed by atoms with Crippen LogP contribution in [0.3, 0.4) is 0 Å². The predicted molar refractivity (Wildman–Crippen MR) is 93.4 cm³/mol. The largest absolute Gasteiger partial charge is 0.321 e. The molecule has 0 aliphatic carbocycles. The van der Waals surface area contributed by atoms with Gasteiger partial charge in [-0.05, 0) is 41.8 Å². The SMILES string of the molecule is O=C(Nc1ccc(Cc2cccc(F)c2)cn1)c1ccc(=O)n(C(F)F)c1. The molecule has 0 saturated heterocycles. The van der Waals surface area contributed by atoms with Crippen molar-refractivity contribution in [1.82, 2.24) is 9.55 Å². The van der Waals surface area contributed by atoms with E-state index in [0.29, 0.717) is 6.42 Å². The van der Waals surface area contributed by atoms with E-state index in [2.05, 4.69) is 10.3 Å². The second-order valence-corrected chi connectivity index (χ2v) is 5.75. The molecule has 27 heavy (non-hydrogen) atoms. The average Bonchev–Trinajstić information content (AvgIpc) is 2.63. The van der Waals surface area contributed by atoms with Crippen molar-refractivity contribution in [3.8, 4) is 0 Å². The highest BCUT2D eigenvalue weighted by Crippen LogP contribution is 2.13. The van der Waals surface area contributed by atoms with Gasteiger partial charge in [0.1, 0.15) is 11.6 Å². The maximum Gasteiger partial charge on any atom is 0.321 e. The van der Waals surface area contributed by atoms with E-state index in [1.54, 1.807) is 24.3 Å².